The standard InChI is InChI=1S/C14H16BrNO2/c1-18-10-11-4-6-16(7-5-11)14-3-2-13(15)8-12(14)9-17/h2-4,8-9H,5-7,10H2,1H3. The third-order valence-corrected chi connectivity index (χ3v) is 3.58. The summed E-state index contributed by atoms with van der Waals surface area (Å²) < 4.78 is 6.07. The summed E-state index contributed by atoms with van der Waals surface area (Å²) in [4.78, 5) is 13.3. The molecule has 0 saturated heterocycles. The number of halogens is 1. The van der Waals surface area contributed by atoms with Crippen LogP contribution in [-0.2, 0) is 4.74 Å². The second kappa shape index (κ2) is 6.16. The number of anilines is 1. The zero-order valence-electron chi connectivity index (χ0n) is 10.4. The molecule has 96 valence electrons. The Bertz CT molecular complexity index is 471. The van der Waals surface area contributed by atoms with E-state index in [1.807, 2.05) is 18.2 Å². The van der Waals surface area contributed by atoms with Crippen LogP contribution in [0.4, 0.5) is 5.69 Å². The van der Waals surface area contributed by atoms with E-state index in [4.69, 9.17) is 4.74 Å². The molecule has 0 N–H and O–H groups in total. The Balaban J connectivity index is 2.16. The molecule has 0 spiro atoms. The first-order valence-corrected chi connectivity index (χ1v) is 6.70. The number of ether oxygens (including phenoxy) is 1. The van der Waals surface area contributed by atoms with Gasteiger partial charge in [-0.1, -0.05) is 22.0 Å². The number of aldehydes is 1. The maximum atomic E-state index is 11.1. The van der Waals surface area contributed by atoms with Crippen molar-refractivity contribution in [3.63, 3.8) is 0 Å². The van der Waals surface area contributed by atoms with Gasteiger partial charge in [-0.25, -0.2) is 0 Å². The Hall–Kier alpha value is -1.13. The van der Waals surface area contributed by atoms with Crippen molar-refractivity contribution >= 4 is 27.9 Å². The summed E-state index contributed by atoms with van der Waals surface area (Å²) >= 11 is 3.39. The molecule has 0 bridgehead atoms. The van der Waals surface area contributed by atoms with Gasteiger partial charge in [0.2, 0.25) is 0 Å². The van der Waals surface area contributed by atoms with Crippen LogP contribution in [0.2, 0.25) is 0 Å². The van der Waals surface area contributed by atoms with Gasteiger partial charge in [-0.3, -0.25) is 4.79 Å². The summed E-state index contributed by atoms with van der Waals surface area (Å²) in [6.07, 6.45) is 4.08. The molecule has 3 nitrogen and oxygen atoms in total. The Morgan fingerprint density at radius 1 is 1.50 bits per heavy atom. The van der Waals surface area contributed by atoms with Gasteiger partial charge in [-0.05, 0) is 30.2 Å². The maximum absolute atomic E-state index is 11.1. The van der Waals surface area contributed by atoms with Crippen molar-refractivity contribution in [3.8, 4) is 0 Å². The largest absolute Gasteiger partial charge is 0.380 e. The first kappa shape index (κ1) is 13.3. The number of carbonyl (C=O) groups excluding carboxylic acids is 1. The van der Waals surface area contributed by atoms with Crippen LogP contribution in [0.3, 0.4) is 0 Å². The number of rotatable bonds is 4. The number of hydrogen-bond donors (Lipinski definition) is 0. The summed E-state index contributed by atoms with van der Waals surface area (Å²) in [5, 5.41) is 0. The number of nitrogens with zero attached hydrogens (tertiary/aromatic N) is 1. The lowest BCUT2D eigenvalue weighted by Crippen LogP contribution is -2.30. The van der Waals surface area contributed by atoms with E-state index in [9.17, 15) is 4.79 Å². The molecule has 0 unspecified atom stereocenters. The molecule has 0 atom stereocenters. The minimum absolute atomic E-state index is 0.703. The van der Waals surface area contributed by atoms with Gasteiger partial charge in [0.15, 0.2) is 6.29 Å². The highest BCUT2D eigenvalue weighted by atomic mass is 79.9. The average Bonchev–Trinajstić information content (AvgIpc) is 2.40. The third kappa shape index (κ3) is 3.00. The van der Waals surface area contributed by atoms with Crippen molar-refractivity contribution < 1.29 is 9.53 Å². The van der Waals surface area contributed by atoms with E-state index in [2.05, 4.69) is 26.9 Å². The quantitative estimate of drug-likeness (QED) is 0.632. The summed E-state index contributed by atoms with van der Waals surface area (Å²) in [5.41, 5.74) is 3.06. The summed E-state index contributed by atoms with van der Waals surface area (Å²) in [6.45, 7) is 2.47. The van der Waals surface area contributed by atoms with Crippen LogP contribution in [0, 0.1) is 0 Å². The second-order valence-electron chi connectivity index (χ2n) is 4.31. The third-order valence-electron chi connectivity index (χ3n) is 3.09. The van der Waals surface area contributed by atoms with Crippen molar-refractivity contribution in [2.45, 2.75) is 6.42 Å². The number of hydrogen-bond acceptors (Lipinski definition) is 3. The van der Waals surface area contributed by atoms with Gasteiger partial charge >= 0.3 is 0 Å². The summed E-state index contributed by atoms with van der Waals surface area (Å²) in [7, 11) is 1.71. The molecule has 0 aliphatic carbocycles. The van der Waals surface area contributed by atoms with E-state index in [-0.39, 0.29) is 0 Å². The molecule has 1 heterocycles. The molecule has 1 aliphatic rings. The van der Waals surface area contributed by atoms with Gasteiger partial charge in [0, 0.05) is 35.9 Å². The molecule has 4 heteroatoms. The van der Waals surface area contributed by atoms with Crippen molar-refractivity contribution in [3.05, 3.63) is 39.9 Å². The van der Waals surface area contributed by atoms with E-state index in [0.717, 1.165) is 41.5 Å². The molecule has 0 radical (unpaired) electrons. The molecule has 1 aromatic rings. The van der Waals surface area contributed by atoms with E-state index in [1.165, 1.54) is 5.57 Å². The van der Waals surface area contributed by atoms with Crippen LogP contribution in [0.5, 0.6) is 0 Å². The molecule has 0 saturated carbocycles. The Morgan fingerprint density at radius 2 is 2.33 bits per heavy atom. The van der Waals surface area contributed by atoms with Crippen molar-refractivity contribution in [1.82, 2.24) is 0 Å². The van der Waals surface area contributed by atoms with Gasteiger partial charge in [0.1, 0.15) is 0 Å². The predicted octanol–water partition coefficient (Wildman–Crippen LogP) is 3.04. The molecular weight excluding hydrogens is 294 g/mol. The Morgan fingerprint density at radius 3 is 2.94 bits per heavy atom. The molecule has 0 aromatic heterocycles. The van der Waals surface area contributed by atoms with E-state index >= 15 is 0 Å². The van der Waals surface area contributed by atoms with E-state index in [0.29, 0.717) is 6.61 Å². The average molecular weight is 310 g/mol. The van der Waals surface area contributed by atoms with Gasteiger partial charge < -0.3 is 9.64 Å². The molecule has 2 rings (SSSR count). The SMILES string of the molecule is COCC1=CCN(c2ccc(Br)cc2C=O)CC1. The molecule has 1 aliphatic heterocycles. The fourth-order valence-electron chi connectivity index (χ4n) is 2.15. The smallest absolute Gasteiger partial charge is 0.152 e. The predicted molar refractivity (Wildman–Crippen MR) is 76.3 cm³/mol. The normalized spacial score (nSPS) is 15.4. The second-order valence-corrected chi connectivity index (χ2v) is 5.23. The molecule has 1 aromatic carbocycles. The highest BCUT2D eigenvalue weighted by Gasteiger charge is 2.15. The van der Waals surface area contributed by atoms with Gasteiger partial charge in [0.05, 0.1) is 6.61 Å². The minimum Gasteiger partial charge on any atom is -0.380 e. The van der Waals surface area contributed by atoms with Gasteiger partial charge in [-0.2, -0.15) is 0 Å². The number of benzene rings is 1. The maximum Gasteiger partial charge on any atom is 0.152 e. The fraction of sp³-hybridized carbons (Fsp3) is 0.357. The zero-order valence-corrected chi connectivity index (χ0v) is 11.9. The van der Waals surface area contributed by atoms with Crippen LogP contribution in [0.25, 0.3) is 0 Å². The summed E-state index contributed by atoms with van der Waals surface area (Å²) in [5.74, 6) is 0. The van der Waals surface area contributed by atoms with Gasteiger partial charge in [0.25, 0.3) is 0 Å². The number of carbonyl (C=O) groups is 1. The van der Waals surface area contributed by atoms with Crippen molar-refractivity contribution in [2.75, 3.05) is 31.7 Å². The lowest BCUT2D eigenvalue weighted by Gasteiger charge is -2.29. The van der Waals surface area contributed by atoms with Crippen molar-refractivity contribution in [1.29, 1.82) is 0 Å². The van der Waals surface area contributed by atoms with E-state index < -0.39 is 0 Å². The van der Waals surface area contributed by atoms with Gasteiger partial charge in [-0.15, -0.1) is 0 Å². The Kier molecular flexibility index (Phi) is 4.55. The van der Waals surface area contributed by atoms with Crippen LogP contribution in [0.1, 0.15) is 16.8 Å². The lowest BCUT2D eigenvalue weighted by atomic mass is 10.1. The molecule has 18 heavy (non-hydrogen) atoms. The first-order chi connectivity index (χ1) is 8.74. The highest BCUT2D eigenvalue weighted by molar-refractivity contribution is 9.10. The van der Waals surface area contributed by atoms with Crippen LogP contribution in [0.15, 0.2) is 34.3 Å². The van der Waals surface area contributed by atoms with Crippen LogP contribution < -0.4 is 4.90 Å². The van der Waals surface area contributed by atoms with E-state index in [1.54, 1.807) is 7.11 Å². The molecule has 0 amide bonds. The monoisotopic (exact) mass is 309 g/mol. The zero-order chi connectivity index (χ0) is 13.0. The number of methoxy groups -OCH3 is 1. The highest BCUT2D eigenvalue weighted by Crippen LogP contribution is 2.25. The summed E-state index contributed by atoms with van der Waals surface area (Å²) in [6, 6.07) is 5.82. The molecule has 0 fully saturated rings. The Labute approximate surface area is 116 Å². The fourth-order valence-corrected chi connectivity index (χ4v) is 2.53. The lowest BCUT2D eigenvalue weighted by molar-refractivity contribution is 0.112. The van der Waals surface area contributed by atoms with Crippen molar-refractivity contribution in [2.24, 2.45) is 0 Å². The topological polar surface area (TPSA) is 29.5 Å². The van der Waals surface area contributed by atoms with Crippen LogP contribution >= 0.6 is 15.9 Å². The first-order valence-electron chi connectivity index (χ1n) is 5.91. The van der Waals surface area contributed by atoms with Crippen LogP contribution in [-0.4, -0.2) is 33.1 Å². The minimum atomic E-state index is 0.703. The molecular formula is C14H16BrNO2.